The van der Waals surface area contributed by atoms with Gasteiger partial charge in [0.2, 0.25) is 0 Å². The quantitative estimate of drug-likeness (QED) is 0.782. The van der Waals surface area contributed by atoms with Crippen LogP contribution >= 0.6 is 0 Å². The lowest BCUT2D eigenvalue weighted by molar-refractivity contribution is 0.219. The molecule has 0 aliphatic heterocycles. The van der Waals surface area contributed by atoms with Gasteiger partial charge < -0.3 is 10.4 Å². The van der Waals surface area contributed by atoms with Crippen molar-refractivity contribution in [2.24, 2.45) is 5.92 Å². The monoisotopic (exact) mass is 310 g/mol. The van der Waals surface area contributed by atoms with Crippen molar-refractivity contribution in [2.45, 2.75) is 37.6 Å². The molecule has 2 N–H and O–H groups in total. The Balaban J connectivity index is 1.69. The van der Waals surface area contributed by atoms with Crippen molar-refractivity contribution in [3.63, 3.8) is 0 Å². The number of nitrogens with one attached hydrogen (secondary N) is 1. The molecule has 1 heterocycles. The second-order valence-corrected chi connectivity index (χ2v) is 6.45. The normalized spacial score (nSPS) is 17.4. The zero-order chi connectivity index (χ0) is 15.9. The summed E-state index contributed by atoms with van der Waals surface area (Å²) in [6.45, 7) is 1.10. The Labute approximate surface area is 138 Å². The van der Waals surface area contributed by atoms with Crippen molar-refractivity contribution in [3.05, 3.63) is 66.0 Å². The van der Waals surface area contributed by atoms with Gasteiger partial charge in [0, 0.05) is 19.3 Å². The first-order valence-electron chi connectivity index (χ1n) is 8.68. The first-order valence-corrected chi connectivity index (χ1v) is 8.68. The SMILES string of the molecule is OCC[C@@H](CN[C@H](c1ccccn1)C1CCC1)c1ccccc1. The van der Waals surface area contributed by atoms with Crippen LogP contribution in [0.3, 0.4) is 0 Å². The van der Waals surface area contributed by atoms with Crippen LogP contribution in [-0.4, -0.2) is 23.2 Å². The minimum atomic E-state index is 0.221. The first kappa shape index (κ1) is 16.2. The molecule has 2 atom stereocenters. The molecule has 1 fully saturated rings. The van der Waals surface area contributed by atoms with Gasteiger partial charge in [0.05, 0.1) is 11.7 Å². The summed E-state index contributed by atoms with van der Waals surface area (Å²) in [4.78, 5) is 4.57. The largest absolute Gasteiger partial charge is 0.396 e. The Morgan fingerprint density at radius 1 is 1.09 bits per heavy atom. The smallest absolute Gasteiger partial charge is 0.0576 e. The molecule has 3 rings (SSSR count). The molecule has 0 amide bonds. The Hall–Kier alpha value is -1.71. The zero-order valence-electron chi connectivity index (χ0n) is 13.6. The molecule has 122 valence electrons. The Bertz CT molecular complexity index is 569. The van der Waals surface area contributed by atoms with Gasteiger partial charge >= 0.3 is 0 Å². The number of pyridine rings is 1. The minimum absolute atomic E-state index is 0.221. The van der Waals surface area contributed by atoms with Crippen LogP contribution in [-0.2, 0) is 0 Å². The molecule has 1 aliphatic rings. The molecule has 23 heavy (non-hydrogen) atoms. The van der Waals surface area contributed by atoms with E-state index in [2.05, 4.69) is 46.7 Å². The van der Waals surface area contributed by atoms with Crippen molar-refractivity contribution in [2.75, 3.05) is 13.2 Å². The van der Waals surface area contributed by atoms with E-state index in [9.17, 15) is 5.11 Å². The van der Waals surface area contributed by atoms with E-state index in [-0.39, 0.29) is 6.61 Å². The fourth-order valence-corrected chi connectivity index (χ4v) is 3.38. The standard InChI is InChI=1S/C20H26N2O/c23-14-12-18(16-7-2-1-3-8-16)15-22-20(17-9-6-10-17)19-11-4-5-13-21-19/h1-5,7-8,11,13,17-18,20,22-23H,6,9-10,12,14-15H2/t18-,20-/m0/s1. The van der Waals surface area contributed by atoms with E-state index in [1.54, 1.807) is 0 Å². The van der Waals surface area contributed by atoms with Crippen molar-refractivity contribution in [1.29, 1.82) is 0 Å². The highest BCUT2D eigenvalue weighted by molar-refractivity contribution is 5.20. The fourth-order valence-electron chi connectivity index (χ4n) is 3.38. The number of benzene rings is 1. The Morgan fingerprint density at radius 3 is 2.48 bits per heavy atom. The molecule has 2 aromatic rings. The van der Waals surface area contributed by atoms with Crippen LogP contribution in [0.5, 0.6) is 0 Å². The predicted molar refractivity (Wildman–Crippen MR) is 93.2 cm³/mol. The summed E-state index contributed by atoms with van der Waals surface area (Å²) in [6, 6.07) is 17.0. The summed E-state index contributed by atoms with van der Waals surface area (Å²) in [5, 5.41) is 13.2. The van der Waals surface area contributed by atoms with Crippen molar-refractivity contribution in [3.8, 4) is 0 Å². The van der Waals surface area contributed by atoms with Crippen LogP contribution in [0.2, 0.25) is 0 Å². The third-order valence-electron chi connectivity index (χ3n) is 4.96. The van der Waals surface area contributed by atoms with E-state index in [0.29, 0.717) is 17.9 Å². The van der Waals surface area contributed by atoms with Gasteiger partial charge in [-0.05, 0) is 48.8 Å². The molecule has 1 aliphatic carbocycles. The first-order chi connectivity index (χ1) is 11.4. The van der Waals surface area contributed by atoms with E-state index in [0.717, 1.165) is 18.7 Å². The Morgan fingerprint density at radius 2 is 1.87 bits per heavy atom. The highest BCUT2D eigenvalue weighted by atomic mass is 16.3. The second-order valence-electron chi connectivity index (χ2n) is 6.45. The number of aliphatic hydroxyl groups excluding tert-OH is 1. The predicted octanol–water partition coefficient (Wildman–Crippen LogP) is 3.68. The highest BCUT2D eigenvalue weighted by Gasteiger charge is 2.29. The van der Waals surface area contributed by atoms with E-state index in [4.69, 9.17) is 0 Å². The molecule has 1 aromatic carbocycles. The number of rotatable bonds is 8. The molecular formula is C20H26N2O. The topological polar surface area (TPSA) is 45.1 Å². The van der Waals surface area contributed by atoms with Crippen LogP contribution in [0, 0.1) is 5.92 Å². The molecule has 0 unspecified atom stereocenters. The van der Waals surface area contributed by atoms with E-state index in [1.807, 2.05) is 18.3 Å². The molecule has 1 saturated carbocycles. The highest BCUT2D eigenvalue weighted by Crippen LogP contribution is 2.37. The molecular weight excluding hydrogens is 284 g/mol. The maximum Gasteiger partial charge on any atom is 0.0576 e. The van der Waals surface area contributed by atoms with Crippen molar-refractivity contribution in [1.82, 2.24) is 10.3 Å². The van der Waals surface area contributed by atoms with Crippen LogP contribution in [0.1, 0.15) is 48.9 Å². The second kappa shape index (κ2) is 8.23. The molecule has 3 nitrogen and oxygen atoms in total. The maximum absolute atomic E-state index is 9.41. The van der Waals surface area contributed by atoms with Gasteiger partial charge in [-0.15, -0.1) is 0 Å². The van der Waals surface area contributed by atoms with Gasteiger partial charge in [0.1, 0.15) is 0 Å². The van der Waals surface area contributed by atoms with E-state index < -0.39 is 0 Å². The lowest BCUT2D eigenvalue weighted by Crippen LogP contribution is -2.35. The third kappa shape index (κ3) is 4.18. The van der Waals surface area contributed by atoms with Crippen molar-refractivity contribution >= 4 is 0 Å². The number of hydrogen-bond acceptors (Lipinski definition) is 3. The van der Waals surface area contributed by atoms with Gasteiger partial charge in [0.15, 0.2) is 0 Å². The van der Waals surface area contributed by atoms with Crippen LogP contribution in [0.15, 0.2) is 54.7 Å². The number of nitrogens with zero attached hydrogens (tertiary/aromatic N) is 1. The van der Waals surface area contributed by atoms with Crippen LogP contribution < -0.4 is 5.32 Å². The number of aromatic nitrogens is 1. The summed E-state index contributed by atoms with van der Waals surface area (Å²) < 4.78 is 0. The van der Waals surface area contributed by atoms with Crippen LogP contribution in [0.4, 0.5) is 0 Å². The summed E-state index contributed by atoms with van der Waals surface area (Å²) in [5.41, 5.74) is 2.44. The third-order valence-corrected chi connectivity index (χ3v) is 4.96. The molecule has 0 bridgehead atoms. The molecule has 0 spiro atoms. The van der Waals surface area contributed by atoms with E-state index >= 15 is 0 Å². The van der Waals surface area contributed by atoms with Gasteiger partial charge in [0.25, 0.3) is 0 Å². The summed E-state index contributed by atoms with van der Waals surface area (Å²) in [6.07, 6.45) is 6.56. The molecule has 0 radical (unpaired) electrons. The van der Waals surface area contributed by atoms with Gasteiger partial charge in [-0.2, -0.15) is 0 Å². The number of hydrogen-bond donors (Lipinski definition) is 2. The Kier molecular flexibility index (Phi) is 5.78. The van der Waals surface area contributed by atoms with Gasteiger partial charge in [-0.1, -0.05) is 42.8 Å². The molecule has 0 saturated heterocycles. The molecule has 3 heteroatoms. The lowest BCUT2D eigenvalue weighted by atomic mass is 9.78. The zero-order valence-corrected chi connectivity index (χ0v) is 13.6. The average Bonchev–Trinajstić information content (AvgIpc) is 2.57. The summed E-state index contributed by atoms with van der Waals surface area (Å²) in [7, 11) is 0. The summed E-state index contributed by atoms with van der Waals surface area (Å²) >= 11 is 0. The lowest BCUT2D eigenvalue weighted by Gasteiger charge is -2.35. The number of aliphatic hydroxyl groups is 1. The van der Waals surface area contributed by atoms with Gasteiger partial charge in [-0.3, -0.25) is 4.98 Å². The van der Waals surface area contributed by atoms with Gasteiger partial charge in [-0.25, -0.2) is 0 Å². The van der Waals surface area contributed by atoms with Crippen molar-refractivity contribution < 1.29 is 5.11 Å². The molecule has 1 aromatic heterocycles. The minimum Gasteiger partial charge on any atom is -0.396 e. The van der Waals surface area contributed by atoms with Crippen LogP contribution in [0.25, 0.3) is 0 Å². The van der Waals surface area contributed by atoms with E-state index in [1.165, 1.54) is 24.8 Å². The maximum atomic E-state index is 9.41. The summed E-state index contributed by atoms with van der Waals surface area (Å²) in [5.74, 6) is 1.03. The fraction of sp³-hybridized carbons (Fsp3) is 0.450. The average molecular weight is 310 g/mol.